The largest absolute Gasteiger partial charge is 0.493 e. The van der Waals surface area contributed by atoms with Crippen molar-refractivity contribution in [1.29, 1.82) is 0 Å². The van der Waals surface area contributed by atoms with Crippen LogP contribution in [0.25, 0.3) is 17.0 Å². The van der Waals surface area contributed by atoms with Gasteiger partial charge >= 0.3 is 5.97 Å². The van der Waals surface area contributed by atoms with E-state index >= 15 is 0 Å². The number of ether oxygens (including phenoxy) is 5. The van der Waals surface area contributed by atoms with Gasteiger partial charge in [-0.3, -0.25) is 14.4 Å². The minimum atomic E-state index is -0.741. The molecule has 1 aromatic heterocycles. The molecule has 3 heterocycles. The molecule has 0 fully saturated rings. The van der Waals surface area contributed by atoms with Gasteiger partial charge in [0, 0.05) is 22.6 Å². The van der Waals surface area contributed by atoms with Crippen LogP contribution in [-0.2, 0) is 4.79 Å². The van der Waals surface area contributed by atoms with Crippen molar-refractivity contribution in [3.63, 3.8) is 0 Å². The van der Waals surface area contributed by atoms with E-state index in [1.807, 2.05) is 13.0 Å². The number of hydrogen-bond donors (Lipinski definition) is 0. The molecular formula is C31H24O9. The first-order chi connectivity index (χ1) is 19.3. The van der Waals surface area contributed by atoms with E-state index in [9.17, 15) is 14.4 Å². The number of hydrogen-bond acceptors (Lipinski definition) is 9. The van der Waals surface area contributed by atoms with Crippen molar-refractivity contribution in [2.75, 3.05) is 21.3 Å². The summed E-state index contributed by atoms with van der Waals surface area (Å²) in [5.41, 5.74) is 2.61. The van der Waals surface area contributed by atoms with Crippen molar-refractivity contribution in [3.05, 3.63) is 92.5 Å². The van der Waals surface area contributed by atoms with Gasteiger partial charge < -0.3 is 28.1 Å². The molecule has 0 aliphatic carbocycles. The summed E-state index contributed by atoms with van der Waals surface area (Å²) in [6.07, 6.45) is 2.80. The van der Waals surface area contributed by atoms with E-state index in [-0.39, 0.29) is 46.0 Å². The number of allylic oxidation sites excluding steroid dienone is 1. The van der Waals surface area contributed by atoms with Gasteiger partial charge in [-0.05, 0) is 49.4 Å². The first kappa shape index (κ1) is 25.2. The van der Waals surface area contributed by atoms with Crippen molar-refractivity contribution in [3.8, 4) is 28.7 Å². The molecule has 0 unspecified atom stereocenters. The Bertz CT molecular complexity index is 1810. The highest BCUT2D eigenvalue weighted by atomic mass is 16.5. The van der Waals surface area contributed by atoms with E-state index in [2.05, 4.69) is 0 Å². The standard InChI is InChI=1S/C31H24O9/c1-15-5-8-21-19(11-15)27(33)20(14-38-21)18-13-25(32)39-22-10-7-17-28(34)24(40-30(17)26(18)22)12-16-6-9-23(35-2)31(37-4)29(16)36-3/h5-12,14,18H,13H2,1-4H3/b24-12-/t18-/m1/s1. The molecule has 0 saturated carbocycles. The molecule has 3 aromatic carbocycles. The number of esters is 1. The summed E-state index contributed by atoms with van der Waals surface area (Å²) in [7, 11) is 4.49. The van der Waals surface area contributed by atoms with E-state index < -0.39 is 11.9 Å². The molecule has 202 valence electrons. The third kappa shape index (κ3) is 3.89. The molecule has 0 bridgehead atoms. The summed E-state index contributed by atoms with van der Waals surface area (Å²) in [5.74, 6) is 0.0655. The van der Waals surface area contributed by atoms with E-state index in [0.29, 0.717) is 39.3 Å². The maximum atomic E-state index is 13.6. The average Bonchev–Trinajstić information content (AvgIpc) is 3.27. The first-order valence-electron chi connectivity index (χ1n) is 12.5. The van der Waals surface area contributed by atoms with Crippen LogP contribution in [0, 0.1) is 6.92 Å². The molecule has 0 spiro atoms. The summed E-state index contributed by atoms with van der Waals surface area (Å²) in [5, 5.41) is 0.406. The highest BCUT2D eigenvalue weighted by molar-refractivity contribution is 6.15. The molecule has 9 heteroatoms. The maximum Gasteiger partial charge on any atom is 0.312 e. The fraction of sp³-hybridized carbons (Fsp3) is 0.194. The summed E-state index contributed by atoms with van der Waals surface area (Å²) in [6.45, 7) is 1.88. The van der Waals surface area contributed by atoms with Gasteiger partial charge in [-0.25, -0.2) is 0 Å². The third-order valence-electron chi connectivity index (χ3n) is 7.13. The van der Waals surface area contributed by atoms with Gasteiger partial charge in [0.1, 0.15) is 17.1 Å². The molecule has 4 aromatic rings. The number of carbonyl (C=O) groups is 2. The fourth-order valence-electron chi connectivity index (χ4n) is 5.25. The van der Waals surface area contributed by atoms with Gasteiger partial charge in [0.2, 0.25) is 11.5 Å². The lowest BCUT2D eigenvalue weighted by Crippen LogP contribution is -2.25. The molecule has 40 heavy (non-hydrogen) atoms. The molecule has 6 rings (SSSR count). The Hall–Kier alpha value is -5.05. The van der Waals surface area contributed by atoms with Gasteiger partial charge in [-0.15, -0.1) is 0 Å². The Kier molecular flexibility index (Phi) is 6.06. The lowest BCUT2D eigenvalue weighted by molar-refractivity contribution is -0.135. The van der Waals surface area contributed by atoms with Gasteiger partial charge in [0.15, 0.2) is 22.7 Å². The monoisotopic (exact) mass is 540 g/mol. The second kappa shape index (κ2) is 9.60. The number of rotatable bonds is 5. The lowest BCUT2D eigenvalue weighted by atomic mass is 9.85. The number of benzene rings is 3. The zero-order valence-corrected chi connectivity index (χ0v) is 22.2. The minimum absolute atomic E-state index is 0.0331. The zero-order chi connectivity index (χ0) is 28.1. The Morgan fingerprint density at radius 3 is 2.45 bits per heavy atom. The quantitative estimate of drug-likeness (QED) is 0.192. The molecule has 0 saturated heterocycles. The summed E-state index contributed by atoms with van der Waals surface area (Å²) in [4.78, 5) is 39.6. The van der Waals surface area contributed by atoms with Gasteiger partial charge in [-0.1, -0.05) is 11.6 Å². The second-order valence-electron chi connectivity index (χ2n) is 9.47. The maximum absolute atomic E-state index is 13.6. The normalized spacial score (nSPS) is 16.8. The van der Waals surface area contributed by atoms with Gasteiger partial charge in [-0.2, -0.15) is 0 Å². The number of ketones is 1. The number of fused-ring (bicyclic) bond motifs is 4. The predicted octanol–water partition coefficient (Wildman–Crippen LogP) is 5.18. The van der Waals surface area contributed by atoms with Crippen molar-refractivity contribution in [2.45, 2.75) is 19.3 Å². The molecule has 9 nitrogen and oxygen atoms in total. The fourth-order valence-corrected chi connectivity index (χ4v) is 5.25. The molecule has 0 N–H and O–H groups in total. The molecule has 2 aliphatic rings. The van der Waals surface area contributed by atoms with Crippen molar-refractivity contribution < 1.29 is 37.7 Å². The second-order valence-corrected chi connectivity index (χ2v) is 9.47. The smallest absolute Gasteiger partial charge is 0.312 e. The van der Waals surface area contributed by atoms with E-state index in [1.165, 1.54) is 27.6 Å². The Labute approximate surface area is 228 Å². The molecule has 0 radical (unpaired) electrons. The molecule has 0 amide bonds. The van der Waals surface area contributed by atoms with Crippen LogP contribution in [-0.4, -0.2) is 33.1 Å². The number of Topliss-reactive ketones (excluding diaryl/α,β-unsaturated/α-hetero) is 1. The van der Waals surface area contributed by atoms with E-state index in [0.717, 1.165) is 5.56 Å². The Morgan fingerprint density at radius 1 is 0.900 bits per heavy atom. The Morgan fingerprint density at radius 2 is 1.70 bits per heavy atom. The van der Waals surface area contributed by atoms with E-state index in [4.69, 9.17) is 28.1 Å². The lowest BCUT2D eigenvalue weighted by Gasteiger charge is -2.25. The SMILES string of the molecule is COc1ccc(/C=C2\Oc3c(ccc4c3[C@@H](c3coc5ccc(C)cc5c3=O)CC(=O)O4)C2=O)c(OC)c1OC. The highest BCUT2D eigenvalue weighted by Gasteiger charge is 2.40. The third-order valence-corrected chi connectivity index (χ3v) is 7.13. The van der Waals surface area contributed by atoms with Crippen LogP contribution in [0.15, 0.2) is 63.7 Å². The zero-order valence-electron chi connectivity index (χ0n) is 22.2. The number of aryl methyl sites for hydroxylation is 1. The summed E-state index contributed by atoms with van der Waals surface area (Å²) in [6, 6.07) is 11.8. The highest BCUT2D eigenvalue weighted by Crippen LogP contribution is 2.49. The van der Waals surface area contributed by atoms with E-state index in [1.54, 1.807) is 42.5 Å². The molecular weight excluding hydrogens is 516 g/mol. The van der Waals surface area contributed by atoms with Crippen LogP contribution in [0.2, 0.25) is 0 Å². The van der Waals surface area contributed by atoms with Crippen molar-refractivity contribution in [1.82, 2.24) is 0 Å². The van der Waals surface area contributed by atoms with Gasteiger partial charge in [0.25, 0.3) is 0 Å². The van der Waals surface area contributed by atoms with Crippen LogP contribution in [0.3, 0.4) is 0 Å². The molecule has 1 atom stereocenters. The van der Waals surface area contributed by atoms with Crippen molar-refractivity contribution in [2.24, 2.45) is 0 Å². The average molecular weight is 541 g/mol. The summed E-state index contributed by atoms with van der Waals surface area (Å²) < 4.78 is 33.8. The van der Waals surface area contributed by atoms with Crippen LogP contribution < -0.4 is 29.1 Å². The predicted molar refractivity (Wildman–Crippen MR) is 145 cm³/mol. The molecule has 2 aliphatic heterocycles. The summed E-state index contributed by atoms with van der Waals surface area (Å²) >= 11 is 0. The minimum Gasteiger partial charge on any atom is -0.493 e. The number of carbonyl (C=O) groups excluding carboxylic acids is 2. The Balaban J connectivity index is 1.48. The van der Waals surface area contributed by atoms with Crippen LogP contribution in [0.1, 0.15) is 45.0 Å². The topological polar surface area (TPSA) is 111 Å². The van der Waals surface area contributed by atoms with Crippen LogP contribution in [0.5, 0.6) is 28.7 Å². The van der Waals surface area contributed by atoms with Crippen LogP contribution >= 0.6 is 0 Å². The van der Waals surface area contributed by atoms with Crippen LogP contribution in [0.4, 0.5) is 0 Å². The first-order valence-corrected chi connectivity index (χ1v) is 12.5. The van der Waals surface area contributed by atoms with Gasteiger partial charge in [0.05, 0.1) is 45.0 Å². The number of methoxy groups -OCH3 is 3. The van der Waals surface area contributed by atoms with Crippen molar-refractivity contribution >= 4 is 28.8 Å².